The maximum Gasteiger partial charge on any atom is 0.408 e. The lowest BCUT2D eigenvalue weighted by Crippen LogP contribution is -2.49. The van der Waals surface area contributed by atoms with Crippen molar-refractivity contribution in [2.45, 2.75) is 85.8 Å². The summed E-state index contributed by atoms with van der Waals surface area (Å²) in [5.41, 5.74) is -0.682. The minimum atomic E-state index is -2.81. The molecule has 1 unspecified atom stereocenters. The zero-order valence-electron chi connectivity index (χ0n) is 18.1. The van der Waals surface area contributed by atoms with E-state index in [2.05, 4.69) is 10.6 Å². The summed E-state index contributed by atoms with van der Waals surface area (Å²) in [6.45, 7) is 13.9. The van der Waals surface area contributed by atoms with Crippen LogP contribution in [0.3, 0.4) is 0 Å². The van der Waals surface area contributed by atoms with Gasteiger partial charge in [0.15, 0.2) is 0 Å². The maximum absolute atomic E-state index is 12.5. The van der Waals surface area contributed by atoms with Gasteiger partial charge in [-0.1, -0.05) is 34.1 Å². The van der Waals surface area contributed by atoms with Gasteiger partial charge in [-0.15, -0.1) is 0 Å². The topological polar surface area (TPSA) is 108 Å². The summed E-state index contributed by atoms with van der Waals surface area (Å²) in [4.78, 5) is 24.5. The van der Waals surface area contributed by atoms with Crippen molar-refractivity contribution in [3.05, 3.63) is 0 Å². The highest BCUT2D eigenvalue weighted by atomic mass is 32.2. The fourth-order valence-electron chi connectivity index (χ4n) is 2.11. The quantitative estimate of drug-likeness (QED) is 0.482. The van der Waals surface area contributed by atoms with Gasteiger partial charge in [0.05, 0.1) is 0 Å². The zero-order valence-corrected chi connectivity index (χ0v) is 18.9. The first-order chi connectivity index (χ1) is 12.2. The summed E-state index contributed by atoms with van der Waals surface area (Å²) >= 11 is 0. The Labute approximate surface area is 165 Å². The molecule has 0 heterocycles. The third-order valence-electron chi connectivity index (χ3n) is 3.76. The number of amides is 2. The molecule has 8 heteroatoms. The smallest absolute Gasteiger partial charge is 0.408 e. The van der Waals surface area contributed by atoms with Crippen molar-refractivity contribution in [2.75, 3.05) is 18.1 Å². The lowest BCUT2D eigenvalue weighted by Gasteiger charge is -2.24. The predicted molar refractivity (Wildman–Crippen MR) is 110 cm³/mol. The third-order valence-corrected chi connectivity index (χ3v) is 5.51. The van der Waals surface area contributed by atoms with Crippen LogP contribution in [0.2, 0.25) is 0 Å². The van der Waals surface area contributed by atoms with Crippen molar-refractivity contribution in [1.82, 2.24) is 10.6 Å². The second-order valence-corrected chi connectivity index (χ2v) is 11.6. The van der Waals surface area contributed by atoms with Crippen molar-refractivity contribution in [2.24, 2.45) is 5.41 Å². The van der Waals surface area contributed by atoms with E-state index in [4.69, 9.17) is 9.52 Å². The summed E-state index contributed by atoms with van der Waals surface area (Å²) in [7, 11) is -2.81. The zero-order chi connectivity index (χ0) is 21.3. The molecule has 0 aliphatic carbocycles. The maximum atomic E-state index is 12.5. The number of ether oxygens (including phenoxy) is 1. The van der Waals surface area contributed by atoms with E-state index in [1.165, 1.54) is 0 Å². The first kappa shape index (κ1) is 25.7. The van der Waals surface area contributed by atoms with E-state index >= 15 is 0 Å². The Balaban J connectivity index is 4.92. The van der Waals surface area contributed by atoms with Gasteiger partial charge >= 0.3 is 6.09 Å². The van der Waals surface area contributed by atoms with Crippen molar-refractivity contribution in [3.63, 3.8) is 0 Å². The van der Waals surface area contributed by atoms with Crippen LogP contribution in [0.4, 0.5) is 4.79 Å². The number of nitrogens with one attached hydrogen (secondary N) is 3. The molecule has 2 amide bonds. The number of hydrogen-bond donors (Lipinski definition) is 3. The Morgan fingerprint density at radius 1 is 1.11 bits per heavy atom. The van der Waals surface area contributed by atoms with Crippen LogP contribution in [0.5, 0.6) is 0 Å². The Morgan fingerprint density at radius 2 is 1.70 bits per heavy atom. The second kappa shape index (κ2) is 10.9. The first-order valence-electron chi connectivity index (χ1n) is 9.66. The highest BCUT2D eigenvalue weighted by Gasteiger charge is 2.25. The largest absolute Gasteiger partial charge is 0.444 e. The van der Waals surface area contributed by atoms with Crippen molar-refractivity contribution in [1.29, 1.82) is 4.78 Å². The number of alkyl carbamates (subject to hydrolysis) is 1. The molecular weight excluding hydrogens is 366 g/mol. The molecule has 0 rings (SSSR count). The van der Waals surface area contributed by atoms with Gasteiger partial charge in [-0.3, -0.25) is 9.57 Å². The normalized spacial score (nSPS) is 15.5. The van der Waals surface area contributed by atoms with Crippen LogP contribution in [0.25, 0.3) is 0 Å². The molecule has 27 heavy (non-hydrogen) atoms. The van der Waals surface area contributed by atoms with Gasteiger partial charge in [0.25, 0.3) is 0 Å². The Kier molecular flexibility index (Phi) is 10.4. The van der Waals surface area contributed by atoms with Gasteiger partial charge in [-0.25, -0.2) is 9.00 Å². The van der Waals surface area contributed by atoms with Gasteiger partial charge < -0.3 is 15.4 Å². The lowest BCUT2D eigenvalue weighted by molar-refractivity contribution is -0.123. The number of hydrogen-bond acceptors (Lipinski definition) is 5. The summed E-state index contributed by atoms with van der Waals surface area (Å²) in [5, 5.41) is 5.34. The monoisotopic (exact) mass is 405 g/mol. The summed E-state index contributed by atoms with van der Waals surface area (Å²) < 4.78 is 25.8. The van der Waals surface area contributed by atoms with Gasteiger partial charge in [-0.2, -0.15) is 0 Å². The molecule has 0 bridgehead atoms. The van der Waals surface area contributed by atoms with Crippen molar-refractivity contribution < 1.29 is 18.5 Å². The van der Waals surface area contributed by atoms with E-state index in [1.54, 1.807) is 20.8 Å². The lowest BCUT2D eigenvalue weighted by atomic mass is 9.94. The summed E-state index contributed by atoms with van der Waals surface area (Å²) in [6, 6.07) is -0.863. The molecule has 160 valence electrons. The van der Waals surface area contributed by atoms with Crippen molar-refractivity contribution >= 4 is 21.7 Å². The predicted octanol–water partition coefficient (Wildman–Crippen LogP) is 3.67. The van der Waals surface area contributed by atoms with Crippen molar-refractivity contribution in [3.8, 4) is 0 Å². The molecule has 0 aliphatic rings. The van der Waals surface area contributed by atoms with E-state index in [-0.39, 0.29) is 29.2 Å². The Morgan fingerprint density at radius 3 is 2.19 bits per heavy atom. The Bertz CT molecular complexity index is 575. The van der Waals surface area contributed by atoms with Crippen LogP contribution < -0.4 is 10.6 Å². The molecule has 0 saturated carbocycles. The second-order valence-electron chi connectivity index (χ2n) is 9.16. The third kappa shape index (κ3) is 14.4. The molecule has 0 spiro atoms. The summed E-state index contributed by atoms with van der Waals surface area (Å²) in [5.74, 6) is 0.0121. The van der Waals surface area contributed by atoms with E-state index in [9.17, 15) is 13.8 Å². The molecular formula is C19H39N3O4S. The molecule has 0 radical (unpaired) electrons. The number of rotatable bonds is 10. The number of carbonyl (C=O) groups excluding carboxylic acids is 2. The van der Waals surface area contributed by atoms with Gasteiger partial charge in [-0.05, 0) is 45.4 Å². The fourth-order valence-corrected chi connectivity index (χ4v) is 3.87. The van der Waals surface area contributed by atoms with E-state index < -0.39 is 27.5 Å². The van der Waals surface area contributed by atoms with E-state index in [1.807, 2.05) is 27.7 Å². The highest BCUT2D eigenvalue weighted by Crippen LogP contribution is 2.20. The molecule has 0 aromatic heterocycles. The standard InChI is InChI=1S/C19H39N3O4S/c1-8-9-12-21-16(23)15(22-17(24)26-19(5,6)7)10-13-27(20,25)14-11-18(2,3)4/h15,20H,8-14H2,1-7H3,(H,21,23)(H,22,24)/t15-,27?/m0/s1. The molecule has 0 aromatic carbocycles. The fraction of sp³-hybridized carbons (Fsp3) is 0.895. The van der Waals surface area contributed by atoms with Crippen LogP contribution in [0.15, 0.2) is 0 Å². The van der Waals surface area contributed by atoms with Gasteiger partial charge in [0.2, 0.25) is 5.91 Å². The number of carbonyl (C=O) groups is 2. The molecule has 0 saturated heterocycles. The molecule has 7 nitrogen and oxygen atoms in total. The van der Waals surface area contributed by atoms with Crippen LogP contribution in [0.1, 0.15) is 74.1 Å². The average molecular weight is 406 g/mol. The minimum absolute atomic E-state index is 0.00456. The highest BCUT2D eigenvalue weighted by molar-refractivity contribution is 7.92. The molecule has 0 aromatic rings. The van der Waals surface area contributed by atoms with Gasteiger partial charge in [0.1, 0.15) is 11.6 Å². The van der Waals surface area contributed by atoms with Crippen LogP contribution in [-0.4, -0.2) is 45.9 Å². The molecule has 0 fully saturated rings. The molecule has 2 atom stereocenters. The van der Waals surface area contributed by atoms with Gasteiger partial charge in [0, 0.05) is 27.8 Å². The minimum Gasteiger partial charge on any atom is -0.444 e. The Hall–Kier alpha value is -1.31. The summed E-state index contributed by atoms with van der Waals surface area (Å²) in [6.07, 6.45) is 1.90. The number of unbranched alkanes of at least 4 members (excludes halogenated alkanes) is 1. The average Bonchev–Trinajstić information content (AvgIpc) is 2.47. The molecule has 0 aliphatic heterocycles. The van der Waals surface area contributed by atoms with Crippen LogP contribution >= 0.6 is 0 Å². The van der Waals surface area contributed by atoms with E-state index in [0.717, 1.165) is 12.8 Å². The SMILES string of the molecule is CCCCNC(=O)[C@H](CCS(=N)(=O)CCC(C)(C)C)NC(=O)OC(C)(C)C. The molecule has 3 N–H and O–H groups in total. The first-order valence-corrected chi connectivity index (χ1v) is 11.6. The van der Waals surface area contributed by atoms with Crippen LogP contribution in [-0.2, 0) is 19.3 Å². The van der Waals surface area contributed by atoms with E-state index in [0.29, 0.717) is 13.0 Å². The van der Waals surface area contributed by atoms with Crippen LogP contribution in [0, 0.1) is 10.2 Å².